The van der Waals surface area contributed by atoms with Gasteiger partial charge in [0.25, 0.3) is 0 Å². The fraction of sp³-hybridized carbons (Fsp3) is 0.643. The zero-order chi connectivity index (χ0) is 13.8. The number of fused-ring (bicyclic) bond motifs is 1. The molecule has 3 rings (SSSR count). The summed E-state index contributed by atoms with van der Waals surface area (Å²) in [6.45, 7) is 8.60. The summed E-state index contributed by atoms with van der Waals surface area (Å²) in [5, 5.41) is 13.7. The van der Waals surface area contributed by atoms with Gasteiger partial charge in [-0.3, -0.25) is 0 Å². The lowest BCUT2D eigenvalue weighted by molar-refractivity contribution is 0.318. The van der Waals surface area contributed by atoms with E-state index in [1.165, 1.54) is 12.8 Å². The summed E-state index contributed by atoms with van der Waals surface area (Å²) in [7, 11) is 0. The number of nitrogens with zero attached hydrogens (tertiary/aromatic N) is 4. The third-order valence-electron chi connectivity index (χ3n) is 4.63. The summed E-state index contributed by atoms with van der Waals surface area (Å²) < 4.78 is 1.85. The van der Waals surface area contributed by atoms with Crippen LogP contribution in [0, 0.1) is 19.3 Å². The summed E-state index contributed by atoms with van der Waals surface area (Å²) in [5.41, 5.74) is 3.14. The van der Waals surface area contributed by atoms with E-state index in [0.717, 1.165) is 29.0 Å². The van der Waals surface area contributed by atoms with Crippen LogP contribution in [0.3, 0.4) is 0 Å². The summed E-state index contributed by atoms with van der Waals surface area (Å²) >= 11 is 6.21. The minimum Gasteiger partial charge on any atom is -0.195 e. The fourth-order valence-corrected chi connectivity index (χ4v) is 3.35. The highest BCUT2D eigenvalue weighted by Gasteiger charge is 2.38. The molecular formula is C14H19ClN4. The molecule has 2 heterocycles. The Bertz CT molecular complexity index is 644. The molecule has 0 aromatic carbocycles. The first kappa shape index (κ1) is 12.9. The van der Waals surface area contributed by atoms with E-state index in [1.54, 1.807) is 0 Å². The van der Waals surface area contributed by atoms with Crippen LogP contribution in [0.1, 0.15) is 56.0 Å². The van der Waals surface area contributed by atoms with E-state index in [4.69, 9.17) is 11.6 Å². The van der Waals surface area contributed by atoms with Crippen LogP contribution in [-0.4, -0.2) is 19.8 Å². The molecule has 2 aromatic rings. The molecule has 1 aliphatic rings. The molecule has 2 aromatic heterocycles. The first-order valence-electron chi connectivity index (χ1n) is 6.80. The minimum atomic E-state index is 0.260. The molecule has 102 valence electrons. The predicted molar refractivity (Wildman–Crippen MR) is 75.6 cm³/mol. The molecule has 0 saturated heterocycles. The van der Waals surface area contributed by atoms with Crippen molar-refractivity contribution < 1.29 is 0 Å². The monoisotopic (exact) mass is 278 g/mol. The zero-order valence-corrected chi connectivity index (χ0v) is 12.6. The van der Waals surface area contributed by atoms with Crippen LogP contribution in [0.5, 0.6) is 0 Å². The van der Waals surface area contributed by atoms with Crippen molar-refractivity contribution in [1.82, 2.24) is 19.8 Å². The lowest BCUT2D eigenvalue weighted by Gasteiger charge is -2.25. The van der Waals surface area contributed by atoms with Gasteiger partial charge in [-0.2, -0.15) is 9.61 Å². The highest BCUT2D eigenvalue weighted by molar-refractivity contribution is 6.30. The number of aromatic nitrogens is 4. The Hall–Kier alpha value is -1.16. The number of hydrogen-bond acceptors (Lipinski definition) is 3. The lowest BCUT2D eigenvalue weighted by Crippen LogP contribution is -2.18. The minimum absolute atomic E-state index is 0.260. The van der Waals surface area contributed by atoms with E-state index >= 15 is 0 Å². The maximum absolute atomic E-state index is 6.21. The van der Waals surface area contributed by atoms with Crippen molar-refractivity contribution in [3.05, 3.63) is 22.1 Å². The Morgan fingerprint density at radius 2 is 1.95 bits per heavy atom. The van der Waals surface area contributed by atoms with Gasteiger partial charge in [0, 0.05) is 11.5 Å². The van der Waals surface area contributed by atoms with Crippen molar-refractivity contribution in [3.63, 3.8) is 0 Å². The molecule has 0 radical (unpaired) electrons. The largest absolute Gasteiger partial charge is 0.195 e. The molecule has 0 amide bonds. The van der Waals surface area contributed by atoms with Crippen LogP contribution >= 0.6 is 11.6 Å². The van der Waals surface area contributed by atoms with E-state index in [1.807, 2.05) is 18.4 Å². The third kappa shape index (κ3) is 1.84. The average Bonchev–Trinajstić information content (AvgIpc) is 2.89. The maximum atomic E-state index is 6.21. The molecule has 1 unspecified atom stereocenters. The first-order valence-corrected chi connectivity index (χ1v) is 7.17. The van der Waals surface area contributed by atoms with Crippen molar-refractivity contribution >= 4 is 17.2 Å². The van der Waals surface area contributed by atoms with E-state index in [0.29, 0.717) is 11.1 Å². The average molecular weight is 279 g/mol. The first-order chi connectivity index (χ1) is 8.92. The van der Waals surface area contributed by atoms with Crippen molar-refractivity contribution in [1.29, 1.82) is 0 Å². The maximum Gasteiger partial charge on any atom is 0.181 e. The predicted octanol–water partition coefficient (Wildman–Crippen LogP) is 3.69. The molecule has 4 nitrogen and oxygen atoms in total. The summed E-state index contributed by atoms with van der Waals surface area (Å²) in [6.07, 6.45) is 3.62. The van der Waals surface area contributed by atoms with Crippen molar-refractivity contribution in [3.8, 4) is 0 Å². The number of rotatable bonds is 1. The topological polar surface area (TPSA) is 43.1 Å². The third-order valence-corrected chi connectivity index (χ3v) is 4.99. The Morgan fingerprint density at radius 3 is 2.58 bits per heavy atom. The smallest absolute Gasteiger partial charge is 0.181 e. The molecular weight excluding hydrogens is 260 g/mol. The van der Waals surface area contributed by atoms with Gasteiger partial charge in [0.05, 0.1) is 0 Å². The molecule has 19 heavy (non-hydrogen) atoms. The quantitative estimate of drug-likeness (QED) is 0.799. The van der Waals surface area contributed by atoms with Gasteiger partial charge in [-0.15, -0.1) is 10.2 Å². The molecule has 1 saturated carbocycles. The van der Waals surface area contributed by atoms with Crippen molar-refractivity contribution in [2.24, 2.45) is 5.41 Å². The highest BCUT2D eigenvalue weighted by Crippen LogP contribution is 2.48. The molecule has 1 fully saturated rings. The van der Waals surface area contributed by atoms with Gasteiger partial charge < -0.3 is 0 Å². The standard InChI is InChI=1S/C14H19ClN4/c1-8-9(2)12-16-17-13(19(12)18-11(8)15)10-6-5-7-14(10,3)4/h10H,5-7H2,1-4H3. The van der Waals surface area contributed by atoms with Gasteiger partial charge in [0.2, 0.25) is 0 Å². The second-order valence-corrected chi connectivity index (χ2v) is 6.63. The Balaban J connectivity index is 2.21. The van der Waals surface area contributed by atoms with Gasteiger partial charge in [-0.25, -0.2) is 0 Å². The number of halogens is 1. The zero-order valence-electron chi connectivity index (χ0n) is 11.9. The summed E-state index contributed by atoms with van der Waals surface area (Å²) in [5.74, 6) is 1.37. The van der Waals surface area contributed by atoms with Gasteiger partial charge in [-0.1, -0.05) is 31.9 Å². The van der Waals surface area contributed by atoms with Crippen LogP contribution < -0.4 is 0 Å². The van der Waals surface area contributed by atoms with Gasteiger partial charge >= 0.3 is 0 Å². The van der Waals surface area contributed by atoms with E-state index in [2.05, 4.69) is 29.1 Å². The van der Waals surface area contributed by atoms with Crippen LogP contribution in [0.25, 0.3) is 5.65 Å². The molecule has 0 bridgehead atoms. The summed E-state index contributed by atoms with van der Waals surface area (Å²) in [6, 6.07) is 0. The Morgan fingerprint density at radius 1 is 1.21 bits per heavy atom. The van der Waals surface area contributed by atoms with Gasteiger partial charge in [-0.05, 0) is 37.7 Å². The molecule has 0 aliphatic heterocycles. The van der Waals surface area contributed by atoms with Crippen LogP contribution in [-0.2, 0) is 0 Å². The highest BCUT2D eigenvalue weighted by atomic mass is 35.5. The van der Waals surface area contributed by atoms with Crippen LogP contribution in [0.2, 0.25) is 5.15 Å². The second kappa shape index (κ2) is 4.17. The van der Waals surface area contributed by atoms with E-state index < -0.39 is 0 Å². The van der Waals surface area contributed by atoms with E-state index in [-0.39, 0.29) is 5.41 Å². The van der Waals surface area contributed by atoms with E-state index in [9.17, 15) is 0 Å². The Labute approximate surface area is 118 Å². The Kier molecular flexibility index (Phi) is 2.82. The number of aryl methyl sites for hydroxylation is 1. The molecule has 1 aliphatic carbocycles. The SMILES string of the molecule is Cc1c(Cl)nn2c(C3CCCC3(C)C)nnc2c1C. The van der Waals surface area contributed by atoms with Crippen LogP contribution in [0.15, 0.2) is 0 Å². The van der Waals surface area contributed by atoms with Gasteiger partial charge in [0.15, 0.2) is 16.6 Å². The molecule has 0 N–H and O–H groups in total. The fourth-order valence-electron chi connectivity index (χ4n) is 3.13. The summed E-state index contributed by atoms with van der Waals surface area (Å²) in [4.78, 5) is 0. The lowest BCUT2D eigenvalue weighted by atomic mass is 9.81. The molecule has 5 heteroatoms. The van der Waals surface area contributed by atoms with Gasteiger partial charge in [0.1, 0.15) is 0 Å². The van der Waals surface area contributed by atoms with Crippen molar-refractivity contribution in [2.45, 2.75) is 52.9 Å². The molecule has 0 spiro atoms. The van der Waals surface area contributed by atoms with Crippen molar-refractivity contribution in [2.75, 3.05) is 0 Å². The van der Waals surface area contributed by atoms with Crippen LogP contribution in [0.4, 0.5) is 0 Å². The number of hydrogen-bond donors (Lipinski definition) is 0. The molecule has 1 atom stereocenters. The second-order valence-electron chi connectivity index (χ2n) is 6.27. The normalized spacial score (nSPS) is 22.3.